The van der Waals surface area contributed by atoms with Crippen LogP contribution in [-0.4, -0.2) is 37.1 Å². The Hall–Kier alpha value is -0.450. The van der Waals surface area contributed by atoms with E-state index in [9.17, 15) is 0 Å². The molecule has 0 saturated carbocycles. The monoisotopic (exact) mass is 225 g/mol. The second-order valence-corrected chi connectivity index (χ2v) is 5.17. The lowest BCUT2D eigenvalue weighted by Crippen LogP contribution is -2.29. The second kappa shape index (κ2) is 5.05. The number of aromatic nitrogens is 1. The molecule has 3 nitrogen and oxygen atoms in total. The highest BCUT2D eigenvalue weighted by Crippen LogP contribution is 2.29. The van der Waals surface area contributed by atoms with E-state index in [4.69, 9.17) is 0 Å². The Labute approximate surface area is 95.5 Å². The molecule has 1 saturated heterocycles. The van der Waals surface area contributed by atoms with Crippen molar-refractivity contribution in [2.45, 2.75) is 25.3 Å². The van der Waals surface area contributed by atoms with E-state index in [1.54, 1.807) is 0 Å². The van der Waals surface area contributed by atoms with Gasteiger partial charge in [-0.05, 0) is 40.0 Å². The Balaban J connectivity index is 1.96. The Morgan fingerprint density at radius 2 is 2.27 bits per heavy atom. The SMILES string of the molecule is CNCc1csc(C2CCN(C)CC2)n1. The van der Waals surface area contributed by atoms with Crippen molar-refractivity contribution in [3.8, 4) is 0 Å². The first kappa shape index (κ1) is 11.0. The largest absolute Gasteiger partial charge is 0.314 e. The van der Waals surface area contributed by atoms with Crippen molar-refractivity contribution in [1.82, 2.24) is 15.2 Å². The van der Waals surface area contributed by atoms with E-state index in [0.29, 0.717) is 5.92 Å². The third-order valence-electron chi connectivity index (χ3n) is 3.00. The summed E-state index contributed by atoms with van der Waals surface area (Å²) >= 11 is 1.83. The summed E-state index contributed by atoms with van der Waals surface area (Å²) in [6, 6.07) is 0. The van der Waals surface area contributed by atoms with Crippen LogP contribution in [0.5, 0.6) is 0 Å². The fourth-order valence-electron chi connectivity index (χ4n) is 2.03. The zero-order chi connectivity index (χ0) is 10.7. The maximum atomic E-state index is 4.69. The molecule has 1 fully saturated rings. The van der Waals surface area contributed by atoms with Crippen molar-refractivity contribution in [2.75, 3.05) is 27.2 Å². The van der Waals surface area contributed by atoms with Gasteiger partial charge in [0.2, 0.25) is 0 Å². The molecule has 0 atom stereocenters. The van der Waals surface area contributed by atoms with Crippen LogP contribution < -0.4 is 5.32 Å². The number of hydrogen-bond acceptors (Lipinski definition) is 4. The number of thiazole rings is 1. The zero-order valence-electron chi connectivity index (χ0n) is 9.49. The average Bonchev–Trinajstić information content (AvgIpc) is 2.68. The number of piperidine rings is 1. The van der Waals surface area contributed by atoms with Gasteiger partial charge in [-0.25, -0.2) is 4.98 Å². The summed E-state index contributed by atoms with van der Waals surface area (Å²) in [6.45, 7) is 3.32. The normalized spacial score (nSPS) is 19.6. The van der Waals surface area contributed by atoms with Crippen molar-refractivity contribution in [1.29, 1.82) is 0 Å². The van der Waals surface area contributed by atoms with Gasteiger partial charge < -0.3 is 10.2 Å². The third-order valence-corrected chi connectivity index (χ3v) is 4.05. The molecule has 4 heteroatoms. The van der Waals surface area contributed by atoms with Crippen molar-refractivity contribution < 1.29 is 0 Å². The second-order valence-electron chi connectivity index (χ2n) is 4.28. The van der Waals surface area contributed by atoms with E-state index in [2.05, 4.69) is 27.6 Å². The van der Waals surface area contributed by atoms with E-state index in [1.165, 1.54) is 36.6 Å². The van der Waals surface area contributed by atoms with Gasteiger partial charge in [-0.3, -0.25) is 0 Å². The number of likely N-dealkylation sites (tertiary alicyclic amines) is 1. The standard InChI is InChI=1S/C11H19N3S/c1-12-7-10-8-15-11(13-10)9-3-5-14(2)6-4-9/h8-9,12H,3-7H2,1-2H3. The molecule has 1 N–H and O–H groups in total. The van der Waals surface area contributed by atoms with E-state index in [0.717, 1.165) is 6.54 Å². The molecule has 84 valence electrons. The first-order valence-corrected chi connectivity index (χ1v) is 6.45. The predicted octanol–water partition coefficient (Wildman–Crippen LogP) is 1.67. The van der Waals surface area contributed by atoms with Crippen LogP contribution in [0.25, 0.3) is 0 Å². The topological polar surface area (TPSA) is 28.2 Å². The molecule has 0 aliphatic carbocycles. The molecular formula is C11H19N3S. The molecular weight excluding hydrogens is 206 g/mol. The van der Waals surface area contributed by atoms with E-state index >= 15 is 0 Å². The highest BCUT2D eigenvalue weighted by molar-refractivity contribution is 7.09. The summed E-state index contributed by atoms with van der Waals surface area (Å²) in [6.07, 6.45) is 2.53. The molecule has 1 aliphatic rings. The van der Waals surface area contributed by atoms with E-state index in [1.807, 2.05) is 18.4 Å². The molecule has 0 bridgehead atoms. The molecule has 0 spiro atoms. The highest BCUT2D eigenvalue weighted by Gasteiger charge is 2.20. The lowest BCUT2D eigenvalue weighted by atomic mass is 9.98. The minimum absolute atomic E-state index is 0.705. The summed E-state index contributed by atoms with van der Waals surface area (Å²) in [4.78, 5) is 7.09. The quantitative estimate of drug-likeness (QED) is 0.848. The Kier molecular flexibility index (Phi) is 3.72. The Bertz CT molecular complexity index is 303. The van der Waals surface area contributed by atoms with Gasteiger partial charge in [0.15, 0.2) is 0 Å². The van der Waals surface area contributed by atoms with E-state index in [-0.39, 0.29) is 0 Å². The van der Waals surface area contributed by atoms with Crippen molar-refractivity contribution in [3.63, 3.8) is 0 Å². The van der Waals surface area contributed by atoms with Crippen LogP contribution in [0, 0.1) is 0 Å². The van der Waals surface area contributed by atoms with Gasteiger partial charge in [0, 0.05) is 17.8 Å². The van der Waals surface area contributed by atoms with Crippen molar-refractivity contribution >= 4 is 11.3 Å². The summed E-state index contributed by atoms with van der Waals surface area (Å²) in [5, 5.41) is 6.67. The first-order valence-electron chi connectivity index (χ1n) is 5.57. The van der Waals surface area contributed by atoms with Gasteiger partial charge in [0.25, 0.3) is 0 Å². The van der Waals surface area contributed by atoms with Crippen LogP contribution in [0.15, 0.2) is 5.38 Å². The molecule has 1 aliphatic heterocycles. The van der Waals surface area contributed by atoms with Crippen molar-refractivity contribution in [2.24, 2.45) is 0 Å². The zero-order valence-corrected chi connectivity index (χ0v) is 10.3. The van der Waals surface area contributed by atoms with Gasteiger partial charge in [-0.2, -0.15) is 0 Å². The first-order chi connectivity index (χ1) is 7.29. The molecule has 0 amide bonds. The number of nitrogens with zero attached hydrogens (tertiary/aromatic N) is 2. The van der Waals surface area contributed by atoms with Crippen molar-refractivity contribution in [3.05, 3.63) is 16.1 Å². The van der Waals surface area contributed by atoms with Gasteiger partial charge in [0.05, 0.1) is 10.7 Å². The van der Waals surface area contributed by atoms with Crippen LogP contribution in [0.4, 0.5) is 0 Å². The van der Waals surface area contributed by atoms with Crippen LogP contribution in [0.3, 0.4) is 0 Å². The molecule has 0 unspecified atom stereocenters. The molecule has 1 aromatic heterocycles. The van der Waals surface area contributed by atoms with E-state index < -0.39 is 0 Å². The van der Waals surface area contributed by atoms with Crippen LogP contribution in [0.1, 0.15) is 29.5 Å². The summed E-state index contributed by atoms with van der Waals surface area (Å²) in [7, 11) is 4.17. The maximum absolute atomic E-state index is 4.69. The third kappa shape index (κ3) is 2.77. The van der Waals surface area contributed by atoms with Crippen LogP contribution in [0.2, 0.25) is 0 Å². The van der Waals surface area contributed by atoms with Gasteiger partial charge >= 0.3 is 0 Å². The number of rotatable bonds is 3. The molecule has 2 rings (SSSR count). The van der Waals surface area contributed by atoms with Crippen LogP contribution in [-0.2, 0) is 6.54 Å². The lowest BCUT2D eigenvalue weighted by Gasteiger charge is -2.27. The predicted molar refractivity (Wildman–Crippen MR) is 64.3 cm³/mol. The Morgan fingerprint density at radius 3 is 2.93 bits per heavy atom. The maximum Gasteiger partial charge on any atom is 0.0960 e. The van der Waals surface area contributed by atoms with Gasteiger partial charge in [0.1, 0.15) is 0 Å². The summed E-state index contributed by atoms with van der Waals surface area (Å²) < 4.78 is 0. The van der Waals surface area contributed by atoms with Crippen LogP contribution >= 0.6 is 11.3 Å². The number of hydrogen-bond donors (Lipinski definition) is 1. The average molecular weight is 225 g/mol. The summed E-state index contributed by atoms with van der Waals surface area (Å²) in [5.41, 5.74) is 1.19. The molecule has 15 heavy (non-hydrogen) atoms. The molecule has 1 aromatic rings. The Morgan fingerprint density at radius 1 is 1.53 bits per heavy atom. The number of nitrogens with one attached hydrogen (secondary N) is 1. The highest BCUT2D eigenvalue weighted by atomic mass is 32.1. The lowest BCUT2D eigenvalue weighted by molar-refractivity contribution is 0.255. The fourth-order valence-corrected chi connectivity index (χ4v) is 3.02. The minimum Gasteiger partial charge on any atom is -0.314 e. The molecule has 0 aromatic carbocycles. The minimum atomic E-state index is 0.705. The molecule has 0 radical (unpaired) electrons. The molecule has 2 heterocycles. The van der Waals surface area contributed by atoms with Gasteiger partial charge in [-0.15, -0.1) is 11.3 Å². The summed E-state index contributed by atoms with van der Waals surface area (Å²) in [5.74, 6) is 0.705. The smallest absolute Gasteiger partial charge is 0.0960 e. The fraction of sp³-hybridized carbons (Fsp3) is 0.727. The van der Waals surface area contributed by atoms with Gasteiger partial charge in [-0.1, -0.05) is 0 Å².